The number of benzene rings is 1. The minimum absolute atomic E-state index is 0.248. The average Bonchev–Trinajstić information content (AvgIpc) is 3.03. The van der Waals surface area contributed by atoms with Gasteiger partial charge in [0.15, 0.2) is 0 Å². The van der Waals surface area contributed by atoms with Gasteiger partial charge in [0.2, 0.25) is 0 Å². The van der Waals surface area contributed by atoms with Gasteiger partial charge in [-0.05, 0) is 63.0 Å². The van der Waals surface area contributed by atoms with Crippen molar-refractivity contribution in [3.05, 3.63) is 52.6 Å². The molecule has 1 aromatic heterocycles. The van der Waals surface area contributed by atoms with Gasteiger partial charge in [-0.2, -0.15) is 4.98 Å². The van der Waals surface area contributed by atoms with Gasteiger partial charge < -0.3 is 10.6 Å². The molecule has 1 saturated heterocycles. The van der Waals surface area contributed by atoms with Crippen molar-refractivity contribution < 1.29 is 0 Å². The number of aromatic nitrogens is 2. The Hall–Kier alpha value is -2.14. The molecule has 22 heavy (non-hydrogen) atoms. The summed E-state index contributed by atoms with van der Waals surface area (Å²) in [6.07, 6.45) is 5.33. The van der Waals surface area contributed by atoms with Gasteiger partial charge >= 0.3 is 5.69 Å². The van der Waals surface area contributed by atoms with Crippen molar-refractivity contribution in [2.45, 2.75) is 32.2 Å². The molecule has 1 fully saturated rings. The van der Waals surface area contributed by atoms with Gasteiger partial charge in [0, 0.05) is 12.2 Å². The average molecular weight is 298 g/mol. The van der Waals surface area contributed by atoms with Crippen molar-refractivity contribution in [3.63, 3.8) is 0 Å². The van der Waals surface area contributed by atoms with Crippen molar-refractivity contribution in [2.24, 2.45) is 0 Å². The highest BCUT2D eigenvalue weighted by Gasteiger charge is 2.18. The molecule has 116 valence electrons. The maximum absolute atomic E-state index is 11.8. The molecule has 0 bridgehead atoms. The van der Waals surface area contributed by atoms with Crippen LogP contribution >= 0.6 is 0 Å². The van der Waals surface area contributed by atoms with E-state index in [9.17, 15) is 4.79 Å². The van der Waals surface area contributed by atoms with Gasteiger partial charge in [-0.25, -0.2) is 4.79 Å². The quantitative estimate of drug-likeness (QED) is 0.935. The molecule has 5 nitrogen and oxygen atoms in total. The molecular formula is C17H22N4O. The Labute approximate surface area is 130 Å². The zero-order valence-electron chi connectivity index (χ0n) is 12.9. The summed E-state index contributed by atoms with van der Waals surface area (Å²) in [6.45, 7) is 4.71. The van der Waals surface area contributed by atoms with Crippen LogP contribution in [0.25, 0.3) is 5.69 Å². The lowest BCUT2D eigenvalue weighted by atomic mass is 10.1. The number of nitrogen functional groups attached to an aromatic ring is 1. The smallest absolute Gasteiger partial charge is 0.354 e. The monoisotopic (exact) mass is 298 g/mol. The van der Waals surface area contributed by atoms with E-state index in [1.807, 2.05) is 12.1 Å². The minimum atomic E-state index is -0.349. The first kappa shape index (κ1) is 14.8. The summed E-state index contributed by atoms with van der Waals surface area (Å²) in [6, 6.07) is 10.3. The standard InChI is InChI=1S/C17H22N4O/c1-13(20-9-2-3-10-20)12-14-4-6-15(7-5-14)21-11-8-16(18)19-17(21)22/h4-8,11,13H,2-3,9-10,12H2,1H3,(H2,18,19,22). The lowest BCUT2D eigenvalue weighted by Crippen LogP contribution is -2.31. The lowest BCUT2D eigenvalue weighted by molar-refractivity contribution is 0.257. The number of nitrogens with zero attached hydrogens (tertiary/aromatic N) is 3. The van der Waals surface area contributed by atoms with Crippen molar-refractivity contribution in [3.8, 4) is 5.69 Å². The second-order valence-electron chi connectivity index (χ2n) is 5.97. The van der Waals surface area contributed by atoms with E-state index < -0.39 is 0 Å². The van der Waals surface area contributed by atoms with E-state index >= 15 is 0 Å². The first-order valence-corrected chi connectivity index (χ1v) is 7.82. The van der Waals surface area contributed by atoms with Crippen molar-refractivity contribution >= 4 is 5.82 Å². The Kier molecular flexibility index (Phi) is 4.24. The maximum Gasteiger partial charge on any atom is 0.354 e. The second-order valence-corrected chi connectivity index (χ2v) is 5.97. The molecule has 5 heteroatoms. The molecule has 0 radical (unpaired) electrons. The fourth-order valence-corrected chi connectivity index (χ4v) is 3.06. The SMILES string of the molecule is CC(Cc1ccc(-n2ccc(N)nc2=O)cc1)N1CCCC1. The Morgan fingerprint density at radius 3 is 2.50 bits per heavy atom. The lowest BCUT2D eigenvalue weighted by Gasteiger charge is -2.23. The normalized spacial score (nSPS) is 16.8. The number of nitrogens with two attached hydrogens (primary N) is 1. The maximum atomic E-state index is 11.8. The molecule has 1 aliphatic heterocycles. The molecule has 0 amide bonds. The number of hydrogen-bond donors (Lipinski definition) is 1. The second kappa shape index (κ2) is 6.32. The molecular weight excluding hydrogens is 276 g/mol. The minimum Gasteiger partial charge on any atom is -0.383 e. The number of likely N-dealkylation sites (tertiary alicyclic amines) is 1. The van der Waals surface area contributed by atoms with Crippen LogP contribution < -0.4 is 11.4 Å². The highest BCUT2D eigenvalue weighted by molar-refractivity contribution is 5.36. The van der Waals surface area contributed by atoms with Crippen LogP contribution in [0.1, 0.15) is 25.3 Å². The summed E-state index contributed by atoms with van der Waals surface area (Å²) >= 11 is 0. The van der Waals surface area contributed by atoms with E-state index in [1.165, 1.54) is 36.1 Å². The molecule has 1 aromatic carbocycles. The van der Waals surface area contributed by atoms with Crippen LogP contribution in [-0.2, 0) is 6.42 Å². The predicted molar refractivity (Wildman–Crippen MR) is 88.2 cm³/mol. The van der Waals surface area contributed by atoms with E-state index in [0.717, 1.165) is 12.1 Å². The van der Waals surface area contributed by atoms with Gasteiger partial charge in [-0.1, -0.05) is 12.1 Å². The van der Waals surface area contributed by atoms with Crippen molar-refractivity contribution in [1.29, 1.82) is 0 Å². The van der Waals surface area contributed by atoms with Crippen LogP contribution in [0.4, 0.5) is 5.82 Å². The highest BCUT2D eigenvalue weighted by atomic mass is 16.1. The predicted octanol–water partition coefficient (Wildman–Crippen LogP) is 1.84. The summed E-state index contributed by atoms with van der Waals surface area (Å²) in [5.74, 6) is 0.248. The van der Waals surface area contributed by atoms with E-state index in [-0.39, 0.29) is 11.5 Å². The Morgan fingerprint density at radius 1 is 1.18 bits per heavy atom. The van der Waals surface area contributed by atoms with Gasteiger partial charge in [-0.3, -0.25) is 4.57 Å². The highest BCUT2D eigenvalue weighted by Crippen LogP contribution is 2.16. The van der Waals surface area contributed by atoms with Crippen LogP contribution in [0.2, 0.25) is 0 Å². The van der Waals surface area contributed by atoms with E-state index in [0.29, 0.717) is 6.04 Å². The zero-order valence-corrected chi connectivity index (χ0v) is 12.9. The van der Waals surface area contributed by atoms with Gasteiger partial charge in [0.1, 0.15) is 5.82 Å². The third-order valence-corrected chi connectivity index (χ3v) is 4.33. The topological polar surface area (TPSA) is 64.2 Å². The van der Waals surface area contributed by atoms with Crippen LogP contribution in [0.3, 0.4) is 0 Å². The molecule has 2 N–H and O–H groups in total. The molecule has 0 saturated carbocycles. The Morgan fingerprint density at radius 2 is 1.86 bits per heavy atom. The number of hydrogen-bond acceptors (Lipinski definition) is 4. The molecule has 0 aliphatic carbocycles. The third kappa shape index (κ3) is 3.20. The van der Waals surface area contributed by atoms with Gasteiger partial charge in [0.25, 0.3) is 0 Å². The molecule has 1 aliphatic rings. The van der Waals surface area contributed by atoms with Gasteiger partial charge in [-0.15, -0.1) is 0 Å². The fraction of sp³-hybridized carbons (Fsp3) is 0.412. The molecule has 0 spiro atoms. The van der Waals surface area contributed by atoms with Crippen LogP contribution in [0, 0.1) is 0 Å². The summed E-state index contributed by atoms with van der Waals surface area (Å²) in [5, 5.41) is 0. The summed E-state index contributed by atoms with van der Waals surface area (Å²) in [7, 11) is 0. The van der Waals surface area contributed by atoms with Crippen LogP contribution in [-0.4, -0.2) is 33.6 Å². The molecule has 1 atom stereocenters. The Balaban J connectivity index is 1.73. The summed E-state index contributed by atoms with van der Waals surface area (Å²) in [5.41, 5.74) is 7.27. The zero-order chi connectivity index (χ0) is 15.5. The summed E-state index contributed by atoms with van der Waals surface area (Å²) in [4.78, 5) is 18.1. The van der Waals surface area contributed by atoms with Crippen LogP contribution in [0.15, 0.2) is 41.3 Å². The van der Waals surface area contributed by atoms with Crippen molar-refractivity contribution in [1.82, 2.24) is 14.5 Å². The van der Waals surface area contributed by atoms with Gasteiger partial charge in [0.05, 0.1) is 5.69 Å². The first-order chi connectivity index (χ1) is 10.6. The number of anilines is 1. The molecule has 2 heterocycles. The molecule has 2 aromatic rings. The molecule has 1 unspecified atom stereocenters. The van der Waals surface area contributed by atoms with E-state index in [2.05, 4.69) is 28.9 Å². The largest absolute Gasteiger partial charge is 0.383 e. The van der Waals surface area contributed by atoms with Crippen molar-refractivity contribution in [2.75, 3.05) is 18.8 Å². The van der Waals surface area contributed by atoms with Crippen LogP contribution in [0.5, 0.6) is 0 Å². The van der Waals surface area contributed by atoms with E-state index in [4.69, 9.17) is 5.73 Å². The first-order valence-electron chi connectivity index (χ1n) is 7.82. The number of rotatable bonds is 4. The molecule has 3 rings (SSSR count). The van der Waals surface area contributed by atoms with E-state index in [1.54, 1.807) is 12.3 Å². The third-order valence-electron chi connectivity index (χ3n) is 4.33. The Bertz CT molecular complexity index is 687. The fourth-order valence-electron chi connectivity index (χ4n) is 3.06. The summed E-state index contributed by atoms with van der Waals surface area (Å²) < 4.78 is 1.50.